The van der Waals surface area contributed by atoms with Crippen molar-refractivity contribution in [3.05, 3.63) is 0 Å². The molecular formula is C10H22Si. The predicted molar refractivity (Wildman–Crippen MR) is 55.1 cm³/mol. The lowest BCUT2D eigenvalue weighted by Gasteiger charge is -2.35. The van der Waals surface area contributed by atoms with Gasteiger partial charge in [-0.2, -0.15) is 0 Å². The molecule has 66 valence electrons. The molecule has 1 rings (SSSR count). The van der Waals surface area contributed by atoms with E-state index in [0.717, 1.165) is 17.4 Å². The van der Waals surface area contributed by atoms with Crippen LogP contribution in [0, 0.1) is 11.8 Å². The molecule has 0 aromatic heterocycles. The summed E-state index contributed by atoms with van der Waals surface area (Å²) in [5, 5.41) is 0. The summed E-state index contributed by atoms with van der Waals surface area (Å²) in [6.45, 7) is 4.74. The summed E-state index contributed by atoms with van der Waals surface area (Å²) in [4.78, 5) is 0. The van der Waals surface area contributed by atoms with Crippen LogP contribution in [0.1, 0.15) is 46.0 Å². The standard InChI is InChI=1S/C10H22Si/c1-3-8-6-5-7-9(4-2)10(8)11/h8-10H,3-7H2,1-2,11H3. The van der Waals surface area contributed by atoms with Crippen molar-refractivity contribution in [2.45, 2.75) is 51.5 Å². The average molecular weight is 170 g/mol. The Kier molecular flexibility index (Phi) is 3.63. The van der Waals surface area contributed by atoms with E-state index in [9.17, 15) is 0 Å². The highest BCUT2D eigenvalue weighted by atomic mass is 28.1. The van der Waals surface area contributed by atoms with Gasteiger partial charge in [0.05, 0.1) is 0 Å². The van der Waals surface area contributed by atoms with Crippen LogP contribution >= 0.6 is 0 Å². The number of rotatable bonds is 2. The van der Waals surface area contributed by atoms with E-state index in [2.05, 4.69) is 13.8 Å². The maximum Gasteiger partial charge on any atom is 0.00743 e. The van der Waals surface area contributed by atoms with Crippen LogP contribution in [0.4, 0.5) is 0 Å². The topological polar surface area (TPSA) is 0 Å². The largest absolute Gasteiger partial charge is 0.0651 e. The molecule has 0 bridgehead atoms. The van der Waals surface area contributed by atoms with E-state index < -0.39 is 0 Å². The molecule has 0 amide bonds. The molecule has 2 unspecified atom stereocenters. The summed E-state index contributed by atoms with van der Waals surface area (Å²) >= 11 is 0. The highest BCUT2D eigenvalue weighted by Gasteiger charge is 2.26. The lowest BCUT2D eigenvalue weighted by atomic mass is 9.78. The molecule has 1 aliphatic rings. The van der Waals surface area contributed by atoms with E-state index in [1.165, 1.54) is 42.3 Å². The van der Waals surface area contributed by atoms with E-state index in [0.29, 0.717) is 0 Å². The van der Waals surface area contributed by atoms with E-state index in [1.807, 2.05) is 0 Å². The zero-order valence-electron chi connectivity index (χ0n) is 8.27. The first-order chi connectivity index (χ1) is 5.29. The lowest BCUT2D eigenvalue weighted by Crippen LogP contribution is -2.22. The van der Waals surface area contributed by atoms with Gasteiger partial charge in [-0.05, 0) is 17.4 Å². The molecule has 0 N–H and O–H groups in total. The Morgan fingerprint density at radius 3 is 1.91 bits per heavy atom. The second-order valence-corrected chi connectivity index (χ2v) is 5.46. The molecule has 11 heavy (non-hydrogen) atoms. The van der Waals surface area contributed by atoms with E-state index in [4.69, 9.17) is 0 Å². The van der Waals surface area contributed by atoms with Gasteiger partial charge in [-0.25, -0.2) is 0 Å². The lowest BCUT2D eigenvalue weighted by molar-refractivity contribution is 0.257. The number of hydrogen-bond donors (Lipinski definition) is 0. The predicted octanol–water partition coefficient (Wildman–Crippen LogP) is 2.38. The van der Waals surface area contributed by atoms with Crippen molar-refractivity contribution in [3.8, 4) is 0 Å². The summed E-state index contributed by atoms with van der Waals surface area (Å²) in [7, 11) is 1.44. The average Bonchev–Trinajstić information content (AvgIpc) is 2.05. The Balaban J connectivity index is 2.45. The van der Waals surface area contributed by atoms with Gasteiger partial charge < -0.3 is 0 Å². The van der Waals surface area contributed by atoms with Gasteiger partial charge in [-0.15, -0.1) is 0 Å². The molecule has 0 nitrogen and oxygen atoms in total. The third-order valence-corrected chi connectivity index (χ3v) is 5.57. The summed E-state index contributed by atoms with van der Waals surface area (Å²) in [6, 6.07) is 0. The van der Waals surface area contributed by atoms with Gasteiger partial charge in [0.1, 0.15) is 0 Å². The smallest absolute Gasteiger partial charge is 0.00743 e. The SMILES string of the molecule is CCC1CCCC(CC)C1[SiH3]. The van der Waals surface area contributed by atoms with Gasteiger partial charge in [-0.3, -0.25) is 0 Å². The minimum Gasteiger partial charge on any atom is -0.0651 e. The van der Waals surface area contributed by atoms with Crippen LogP contribution in [-0.2, 0) is 0 Å². The quantitative estimate of drug-likeness (QED) is 0.558. The molecule has 0 aliphatic heterocycles. The van der Waals surface area contributed by atoms with Gasteiger partial charge in [0.2, 0.25) is 0 Å². The Labute approximate surface area is 74.2 Å². The van der Waals surface area contributed by atoms with Crippen LogP contribution in [0.15, 0.2) is 0 Å². The molecule has 0 aromatic carbocycles. The second-order valence-electron chi connectivity index (χ2n) is 4.13. The molecule has 0 spiro atoms. The van der Waals surface area contributed by atoms with E-state index in [-0.39, 0.29) is 0 Å². The Hall–Kier alpha value is 0.217. The van der Waals surface area contributed by atoms with Crippen molar-refractivity contribution in [1.82, 2.24) is 0 Å². The summed E-state index contributed by atoms with van der Waals surface area (Å²) in [5.41, 5.74) is 1.14. The van der Waals surface area contributed by atoms with Crippen LogP contribution in [0.25, 0.3) is 0 Å². The summed E-state index contributed by atoms with van der Waals surface area (Å²) in [5.74, 6) is 2.20. The fourth-order valence-electron chi connectivity index (χ4n) is 2.70. The first kappa shape index (κ1) is 9.31. The fourth-order valence-corrected chi connectivity index (χ4v) is 4.31. The highest BCUT2D eigenvalue weighted by molar-refractivity contribution is 6.12. The Morgan fingerprint density at radius 2 is 1.55 bits per heavy atom. The fraction of sp³-hybridized carbons (Fsp3) is 1.00. The zero-order chi connectivity index (χ0) is 8.27. The maximum absolute atomic E-state index is 2.37. The monoisotopic (exact) mass is 170 g/mol. The molecule has 0 aromatic rings. The van der Waals surface area contributed by atoms with Crippen LogP contribution in [0.2, 0.25) is 5.54 Å². The molecule has 1 heteroatoms. The number of hydrogen-bond acceptors (Lipinski definition) is 0. The molecule has 2 atom stereocenters. The molecule has 0 saturated heterocycles. The van der Waals surface area contributed by atoms with Gasteiger partial charge in [-0.1, -0.05) is 46.0 Å². The molecule has 1 aliphatic carbocycles. The Bertz CT molecular complexity index is 99.4. The van der Waals surface area contributed by atoms with Gasteiger partial charge in [0, 0.05) is 10.2 Å². The van der Waals surface area contributed by atoms with Crippen molar-refractivity contribution in [2.75, 3.05) is 0 Å². The minimum absolute atomic E-state index is 1.10. The first-order valence-electron chi connectivity index (χ1n) is 5.29. The third kappa shape index (κ3) is 2.08. The van der Waals surface area contributed by atoms with Crippen LogP contribution in [0.3, 0.4) is 0 Å². The van der Waals surface area contributed by atoms with Crippen molar-refractivity contribution >= 4 is 10.2 Å². The van der Waals surface area contributed by atoms with E-state index >= 15 is 0 Å². The van der Waals surface area contributed by atoms with Crippen molar-refractivity contribution in [3.63, 3.8) is 0 Å². The summed E-state index contributed by atoms with van der Waals surface area (Å²) < 4.78 is 0. The van der Waals surface area contributed by atoms with Crippen LogP contribution < -0.4 is 0 Å². The molecular weight excluding hydrogens is 148 g/mol. The maximum atomic E-state index is 2.37. The molecule has 0 heterocycles. The van der Waals surface area contributed by atoms with Crippen molar-refractivity contribution < 1.29 is 0 Å². The minimum atomic E-state index is 1.10. The zero-order valence-corrected chi connectivity index (χ0v) is 10.3. The van der Waals surface area contributed by atoms with E-state index in [1.54, 1.807) is 0 Å². The Morgan fingerprint density at radius 1 is 1.09 bits per heavy atom. The van der Waals surface area contributed by atoms with Crippen molar-refractivity contribution in [2.24, 2.45) is 11.8 Å². The van der Waals surface area contributed by atoms with Gasteiger partial charge >= 0.3 is 0 Å². The van der Waals surface area contributed by atoms with Crippen LogP contribution in [-0.4, -0.2) is 10.2 Å². The van der Waals surface area contributed by atoms with Gasteiger partial charge in [0.15, 0.2) is 0 Å². The van der Waals surface area contributed by atoms with Crippen LogP contribution in [0.5, 0.6) is 0 Å². The summed E-state index contributed by atoms with van der Waals surface area (Å²) in [6.07, 6.45) is 7.44. The van der Waals surface area contributed by atoms with Gasteiger partial charge in [0.25, 0.3) is 0 Å². The molecule has 0 radical (unpaired) electrons. The van der Waals surface area contributed by atoms with Crippen molar-refractivity contribution in [1.29, 1.82) is 0 Å². The molecule has 1 fully saturated rings. The molecule has 1 saturated carbocycles. The third-order valence-electron chi connectivity index (χ3n) is 3.69. The first-order valence-corrected chi connectivity index (χ1v) is 6.45. The normalized spacial score (nSPS) is 39.3. The second kappa shape index (κ2) is 4.29. The highest BCUT2D eigenvalue weighted by Crippen LogP contribution is 2.40.